The van der Waals surface area contributed by atoms with Gasteiger partial charge in [0.1, 0.15) is 0 Å². The summed E-state index contributed by atoms with van der Waals surface area (Å²) >= 11 is 0.880. The summed E-state index contributed by atoms with van der Waals surface area (Å²) in [6.07, 6.45) is -4.66. The minimum atomic E-state index is -4.66. The third-order valence-electron chi connectivity index (χ3n) is 4.59. The van der Waals surface area contributed by atoms with Crippen molar-refractivity contribution >= 4 is 29.0 Å². The molecule has 10 heteroatoms. The normalized spacial score (nSPS) is 14.7. The van der Waals surface area contributed by atoms with Crippen LogP contribution in [0.4, 0.5) is 24.5 Å². The lowest BCUT2D eigenvalue weighted by Gasteiger charge is -2.36. The average molecular weight is 425 g/mol. The number of nitro benzene ring substituents is 1. The van der Waals surface area contributed by atoms with Gasteiger partial charge in [-0.3, -0.25) is 14.9 Å². The van der Waals surface area contributed by atoms with Crippen LogP contribution in [0.3, 0.4) is 0 Å². The second-order valence-electron chi connectivity index (χ2n) is 6.43. The topological polar surface area (TPSA) is 66.7 Å². The minimum Gasteiger partial charge on any atom is -0.368 e. The lowest BCUT2D eigenvalue weighted by Crippen LogP contribution is -2.49. The zero-order chi connectivity index (χ0) is 21.0. The largest absolute Gasteiger partial charge is 0.416 e. The fourth-order valence-corrected chi connectivity index (χ4v) is 3.95. The fourth-order valence-electron chi connectivity index (χ4n) is 3.04. The highest BCUT2D eigenvalue weighted by atomic mass is 32.2. The average Bonchev–Trinajstić information content (AvgIpc) is 2.72. The first kappa shape index (κ1) is 21.0. The maximum atomic E-state index is 12.8. The number of piperazine rings is 1. The van der Waals surface area contributed by atoms with Gasteiger partial charge in [-0.1, -0.05) is 18.2 Å². The van der Waals surface area contributed by atoms with E-state index in [1.807, 2.05) is 30.3 Å². The van der Waals surface area contributed by atoms with Crippen molar-refractivity contribution < 1.29 is 22.9 Å². The molecule has 1 saturated heterocycles. The van der Waals surface area contributed by atoms with E-state index in [9.17, 15) is 28.1 Å². The number of carbonyl (C=O) groups is 1. The number of thioether (sulfide) groups is 1. The van der Waals surface area contributed by atoms with Crippen molar-refractivity contribution in [3.8, 4) is 0 Å². The van der Waals surface area contributed by atoms with E-state index < -0.39 is 22.4 Å². The highest BCUT2D eigenvalue weighted by Gasteiger charge is 2.33. The van der Waals surface area contributed by atoms with E-state index in [4.69, 9.17) is 0 Å². The molecule has 1 aliphatic rings. The molecule has 0 aromatic heterocycles. The van der Waals surface area contributed by atoms with Gasteiger partial charge in [0.25, 0.3) is 5.69 Å². The summed E-state index contributed by atoms with van der Waals surface area (Å²) in [5.41, 5.74) is -0.655. The Morgan fingerprint density at radius 2 is 1.72 bits per heavy atom. The molecule has 2 aromatic rings. The van der Waals surface area contributed by atoms with Crippen LogP contribution in [0.25, 0.3) is 0 Å². The van der Waals surface area contributed by atoms with Gasteiger partial charge in [-0.15, -0.1) is 11.8 Å². The zero-order valence-electron chi connectivity index (χ0n) is 15.3. The van der Waals surface area contributed by atoms with Crippen molar-refractivity contribution in [2.45, 2.75) is 11.1 Å². The lowest BCUT2D eigenvalue weighted by molar-refractivity contribution is -0.388. The zero-order valence-corrected chi connectivity index (χ0v) is 16.1. The summed E-state index contributed by atoms with van der Waals surface area (Å²) in [5.74, 6) is -0.269. The van der Waals surface area contributed by atoms with Crippen LogP contribution in [0.1, 0.15) is 5.56 Å². The van der Waals surface area contributed by atoms with E-state index in [1.165, 1.54) is 0 Å². The second-order valence-corrected chi connectivity index (χ2v) is 7.45. The van der Waals surface area contributed by atoms with Crippen LogP contribution < -0.4 is 4.90 Å². The van der Waals surface area contributed by atoms with E-state index in [2.05, 4.69) is 4.90 Å². The van der Waals surface area contributed by atoms with E-state index in [0.29, 0.717) is 32.2 Å². The molecule has 0 N–H and O–H groups in total. The van der Waals surface area contributed by atoms with E-state index >= 15 is 0 Å². The molecule has 0 atom stereocenters. The Morgan fingerprint density at radius 1 is 1.07 bits per heavy atom. The van der Waals surface area contributed by atoms with Crippen LogP contribution in [-0.2, 0) is 11.0 Å². The third kappa shape index (κ3) is 5.20. The van der Waals surface area contributed by atoms with Gasteiger partial charge < -0.3 is 9.80 Å². The van der Waals surface area contributed by atoms with Crippen molar-refractivity contribution in [3.63, 3.8) is 0 Å². The van der Waals surface area contributed by atoms with Crippen molar-refractivity contribution in [2.24, 2.45) is 0 Å². The van der Waals surface area contributed by atoms with Crippen LogP contribution in [-0.4, -0.2) is 47.7 Å². The number of rotatable bonds is 5. The summed E-state index contributed by atoms with van der Waals surface area (Å²) in [6, 6.07) is 12.2. The maximum absolute atomic E-state index is 12.8. The Balaban J connectivity index is 1.59. The summed E-state index contributed by atoms with van der Waals surface area (Å²) in [7, 11) is 0. The Bertz CT molecular complexity index is 885. The quantitative estimate of drug-likeness (QED) is 0.411. The second kappa shape index (κ2) is 8.73. The monoisotopic (exact) mass is 425 g/mol. The molecule has 0 bridgehead atoms. The molecular formula is C19H18F3N3O3S. The third-order valence-corrected chi connectivity index (χ3v) is 5.64. The van der Waals surface area contributed by atoms with E-state index in [1.54, 1.807) is 4.90 Å². The molecule has 6 nitrogen and oxygen atoms in total. The summed E-state index contributed by atoms with van der Waals surface area (Å²) in [4.78, 5) is 26.6. The van der Waals surface area contributed by atoms with Crippen LogP contribution in [0.15, 0.2) is 53.4 Å². The molecule has 0 unspecified atom stereocenters. The predicted molar refractivity (Wildman–Crippen MR) is 104 cm³/mol. The number of amides is 1. The first-order valence-corrected chi connectivity index (χ1v) is 9.80. The number of nitro groups is 1. The van der Waals surface area contributed by atoms with Gasteiger partial charge in [0, 0.05) is 37.9 Å². The molecule has 1 fully saturated rings. The molecule has 1 aliphatic heterocycles. The molecule has 2 aromatic carbocycles. The van der Waals surface area contributed by atoms with Crippen LogP contribution >= 0.6 is 11.8 Å². The molecule has 1 amide bonds. The van der Waals surface area contributed by atoms with Crippen molar-refractivity contribution in [2.75, 3.05) is 36.8 Å². The number of alkyl halides is 3. The van der Waals surface area contributed by atoms with Gasteiger partial charge in [0.2, 0.25) is 5.91 Å². The molecule has 0 saturated carbocycles. The molecule has 0 spiro atoms. The number of benzene rings is 2. The first-order chi connectivity index (χ1) is 13.8. The smallest absolute Gasteiger partial charge is 0.368 e. The van der Waals surface area contributed by atoms with Gasteiger partial charge >= 0.3 is 6.18 Å². The summed E-state index contributed by atoms with van der Waals surface area (Å²) < 4.78 is 38.3. The molecule has 0 aliphatic carbocycles. The van der Waals surface area contributed by atoms with Gasteiger partial charge in [0.15, 0.2) is 0 Å². The summed E-state index contributed by atoms with van der Waals surface area (Å²) in [6.45, 7) is 2.37. The van der Waals surface area contributed by atoms with Gasteiger partial charge in [0.05, 0.1) is 21.1 Å². The Hall–Kier alpha value is -2.75. The van der Waals surface area contributed by atoms with Crippen LogP contribution in [0, 0.1) is 10.1 Å². The number of halogens is 3. The van der Waals surface area contributed by atoms with Crippen molar-refractivity contribution in [1.29, 1.82) is 0 Å². The minimum absolute atomic E-state index is 0.0410. The molecule has 154 valence electrons. The molecular weight excluding hydrogens is 407 g/mol. The number of para-hydroxylation sites is 1. The highest BCUT2D eigenvalue weighted by molar-refractivity contribution is 8.00. The van der Waals surface area contributed by atoms with Gasteiger partial charge in [-0.25, -0.2) is 0 Å². The standard InChI is InChI=1S/C19H18F3N3O3S/c20-19(21,22)14-6-7-17(16(12-14)25(27)28)29-13-18(26)24-10-8-23(9-11-24)15-4-2-1-3-5-15/h1-7,12H,8-11,13H2. The maximum Gasteiger partial charge on any atom is 0.416 e. The predicted octanol–water partition coefficient (Wildman–Crippen LogP) is 4.05. The van der Waals surface area contributed by atoms with E-state index in [-0.39, 0.29) is 16.6 Å². The molecule has 29 heavy (non-hydrogen) atoms. The number of nitrogens with zero attached hydrogens (tertiary/aromatic N) is 3. The number of carbonyl (C=O) groups excluding carboxylic acids is 1. The number of hydrogen-bond donors (Lipinski definition) is 0. The molecule has 1 heterocycles. The van der Waals surface area contributed by atoms with E-state index in [0.717, 1.165) is 29.6 Å². The van der Waals surface area contributed by atoms with Gasteiger partial charge in [-0.05, 0) is 24.3 Å². The van der Waals surface area contributed by atoms with Crippen molar-refractivity contribution in [3.05, 3.63) is 64.2 Å². The lowest BCUT2D eigenvalue weighted by atomic mass is 10.2. The Kier molecular flexibility index (Phi) is 6.31. The van der Waals surface area contributed by atoms with Crippen LogP contribution in [0.2, 0.25) is 0 Å². The molecule has 0 radical (unpaired) electrons. The Labute approximate surface area is 169 Å². The van der Waals surface area contributed by atoms with Gasteiger partial charge in [-0.2, -0.15) is 13.2 Å². The highest BCUT2D eigenvalue weighted by Crippen LogP contribution is 2.36. The Morgan fingerprint density at radius 3 is 2.31 bits per heavy atom. The number of anilines is 1. The molecule has 3 rings (SSSR count). The fraction of sp³-hybridized carbons (Fsp3) is 0.316. The van der Waals surface area contributed by atoms with Crippen molar-refractivity contribution in [1.82, 2.24) is 4.90 Å². The first-order valence-electron chi connectivity index (χ1n) is 8.82. The summed E-state index contributed by atoms with van der Waals surface area (Å²) in [5, 5.41) is 11.1. The SMILES string of the molecule is O=C(CSc1ccc(C(F)(F)F)cc1[N+](=O)[O-])N1CCN(c2ccccc2)CC1. The number of hydrogen-bond acceptors (Lipinski definition) is 5. The van der Waals surface area contributed by atoms with Crippen LogP contribution in [0.5, 0.6) is 0 Å².